The van der Waals surface area contributed by atoms with Crippen molar-refractivity contribution in [1.82, 2.24) is 14.9 Å². The minimum absolute atomic E-state index is 0.0452. The summed E-state index contributed by atoms with van der Waals surface area (Å²) in [5.74, 6) is 0.656. The molecule has 29 heavy (non-hydrogen) atoms. The van der Waals surface area contributed by atoms with E-state index in [1.165, 1.54) is 0 Å². The number of aromatic nitrogens is 2. The number of H-pyrrole nitrogens is 1. The number of aromatic amines is 1. The van der Waals surface area contributed by atoms with E-state index in [9.17, 15) is 4.79 Å². The molecule has 1 aliphatic heterocycles. The van der Waals surface area contributed by atoms with Crippen LogP contribution in [-0.4, -0.2) is 48.0 Å². The minimum atomic E-state index is 0.0452. The van der Waals surface area contributed by atoms with Crippen LogP contribution in [0.5, 0.6) is 0 Å². The van der Waals surface area contributed by atoms with Gasteiger partial charge in [0.15, 0.2) is 0 Å². The summed E-state index contributed by atoms with van der Waals surface area (Å²) in [6.45, 7) is 1.90. The van der Waals surface area contributed by atoms with Crippen LogP contribution in [0.2, 0.25) is 0 Å². The summed E-state index contributed by atoms with van der Waals surface area (Å²) in [4.78, 5) is 22.6. The molecule has 0 atom stereocenters. The van der Waals surface area contributed by atoms with Crippen molar-refractivity contribution in [3.8, 4) is 11.1 Å². The maximum absolute atomic E-state index is 12.6. The van der Waals surface area contributed by atoms with E-state index in [0.717, 1.165) is 53.8 Å². The molecule has 1 amide bonds. The second-order valence-corrected chi connectivity index (χ2v) is 7.46. The van der Waals surface area contributed by atoms with Gasteiger partial charge in [-0.2, -0.15) is 5.11 Å². The molecular weight excluding hydrogens is 366 g/mol. The van der Waals surface area contributed by atoms with Gasteiger partial charge in [0.1, 0.15) is 17.2 Å². The second kappa shape index (κ2) is 8.00. The maximum atomic E-state index is 12.6. The van der Waals surface area contributed by atoms with Gasteiger partial charge in [-0.3, -0.25) is 4.79 Å². The molecule has 4 N–H and O–H groups in total. The highest BCUT2D eigenvalue weighted by molar-refractivity contribution is 5.97. The highest BCUT2D eigenvalue weighted by atomic mass is 16.1. The summed E-state index contributed by atoms with van der Waals surface area (Å²) in [6.07, 6.45) is 3.67. The van der Waals surface area contributed by atoms with Gasteiger partial charge in [0.2, 0.25) is 5.91 Å². The molecule has 0 spiro atoms. The van der Waals surface area contributed by atoms with Crippen LogP contribution in [0.15, 0.2) is 41.6 Å². The molecule has 0 unspecified atom stereocenters. The third kappa shape index (κ3) is 3.84. The van der Waals surface area contributed by atoms with Crippen LogP contribution in [0, 0.1) is 11.4 Å². The summed E-state index contributed by atoms with van der Waals surface area (Å²) in [7, 11) is 3.89. The Morgan fingerprint density at radius 1 is 1.28 bits per heavy atom. The molecule has 0 aliphatic carbocycles. The summed E-state index contributed by atoms with van der Waals surface area (Å²) in [5.41, 5.74) is 11.4. The molecule has 0 radical (unpaired) electrons. The average molecular weight is 391 g/mol. The lowest BCUT2D eigenvalue weighted by Crippen LogP contribution is -2.36. The number of anilines is 2. The van der Waals surface area contributed by atoms with Crippen molar-refractivity contribution in [2.24, 2.45) is 11.0 Å². The number of piperidine rings is 1. The number of hydrogen-bond acceptors (Lipinski definition) is 6. The van der Waals surface area contributed by atoms with Crippen molar-refractivity contribution >= 4 is 34.1 Å². The Kier molecular flexibility index (Phi) is 5.26. The first-order chi connectivity index (χ1) is 14.1. The fourth-order valence-electron chi connectivity index (χ4n) is 3.81. The van der Waals surface area contributed by atoms with Gasteiger partial charge in [0, 0.05) is 30.1 Å². The van der Waals surface area contributed by atoms with Crippen LogP contribution >= 0.6 is 0 Å². The molecule has 150 valence electrons. The first-order valence-electron chi connectivity index (χ1n) is 9.76. The SMILES string of the molecule is CNc1cc(-c2c[nH]c3nc(NC(=O)C4CCN(C)CC4)ccc23)ccc1N=N. The van der Waals surface area contributed by atoms with E-state index in [0.29, 0.717) is 11.5 Å². The van der Waals surface area contributed by atoms with Gasteiger partial charge >= 0.3 is 0 Å². The number of benzene rings is 1. The van der Waals surface area contributed by atoms with Crippen molar-refractivity contribution in [3.05, 3.63) is 36.5 Å². The smallest absolute Gasteiger partial charge is 0.228 e. The number of pyridine rings is 1. The normalized spacial score (nSPS) is 15.4. The average Bonchev–Trinajstić information content (AvgIpc) is 3.17. The number of nitrogens with one attached hydrogen (secondary N) is 4. The van der Waals surface area contributed by atoms with Gasteiger partial charge in [0.25, 0.3) is 0 Å². The van der Waals surface area contributed by atoms with Crippen LogP contribution in [0.25, 0.3) is 22.2 Å². The molecule has 8 nitrogen and oxygen atoms in total. The number of carbonyl (C=O) groups excluding carboxylic acids is 1. The van der Waals surface area contributed by atoms with Gasteiger partial charge in [-0.05, 0) is 62.8 Å². The lowest BCUT2D eigenvalue weighted by molar-refractivity contribution is -0.121. The predicted molar refractivity (Wildman–Crippen MR) is 115 cm³/mol. The highest BCUT2D eigenvalue weighted by Gasteiger charge is 2.23. The molecule has 1 aliphatic rings. The van der Waals surface area contributed by atoms with Crippen molar-refractivity contribution in [2.75, 3.05) is 37.8 Å². The van der Waals surface area contributed by atoms with Crippen LogP contribution in [0.1, 0.15) is 12.8 Å². The Bertz CT molecular complexity index is 1050. The van der Waals surface area contributed by atoms with E-state index >= 15 is 0 Å². The van der Waals surface area contributed by atoms with E-state index < -0.39 is 0 Å². The van der Waals surface area contributed by atoms with Gasteiger partial charge in [-0.15, -0.1) is 0 Å². The van der Waals surface area contributed by atoms with Gasteiger partial charge in [0.05, 0.1) is 5.69 Å². The lowest BCUT2D eigenvalue weighted by Gasteiger charge is -2.27. The fraction of sp³-hybridized carbons (Fsp3) is 0.333. The first kappa shape index (κ1) is 19.1. The van der Waals surface area contributed by atoms with Crippen molar-refractivity contribution in [2.45, 2.75) is 12.8 Å². The second-order valence-electron chi connectivity index (χ2n) is 7.46. The Hall–Kier alpha value is -3.26. The van der Waals surface area contributed by atoms with Crippen LogP contribution < -0.4 is 10.6 Å². The molecule has 8 heteroatoms. The number of fused-ring (bicyclic) bond motifs is 1. The summed E-state index contributed by atoms with van der Waals surface area (Å²) >= 11 is 0. The molecule has 1 fully saturated rings. The van der Waals surface area contributed by atoms with E-state index in [4.69, 9.17) is 5.53 Å². The Labute approximate surface area is 169 Å². The van der Waals surface area contributed by atoms with Crippen molar-refractivity contribution < 1.29 is 4.79 Å². The maximum Gasteiger partial charge on any atom is 0.228 e. The van der Waals surface area contributed by atoms with E-state index in [-0.39, 0.29) is 11.8 Å². The fourth-order valence-corrected chi connectivity index (χ4v) is 3.81. The van der Waals surface area contributed by atoms with E-state index in [1.54, 1.807) is 0 Å². The molecule has 0 bridgehead atoms. The molecule has 3 heterocycles. The number of hydrogen-bond donors (Lipinski definition) is 4. The lowest BCUT2D eigenvalue weighted by atomic mass is 9.96. The van der Waals surface area contributed by atoms with E-state index in [2.05, 4.69) is 37.7 Å². The topological polar surface area (TPSA) is 109 Å². The zero-order valence-corrected chi connectivity index (χ0v) is 16.6. The standard InChI is InChI=1S/C21H25N7O/c1-23-18-11-14(3-5-17(18)27-22)16-12-24-20-15(16)4-6-19(25-20)26-21(29)13-7-9-28(2)10-8-13/h3-6,11-13,22-23H,7-10H2,1-2H3,(H2,24,25,26,29). The Balaban J connectivity index is 1.56. The summed E-state index contributed by atoms with van der Waals surface area (Å²) < 4.78 is 0. The van der Waals surface area contributed by atoms with Gasteiger partial charge in [-0.25, -0.2) is 10.5 Å². The van der Waals surface area contributed by atoms with E-state index in [1.807, 2.05) is 43.6 Å². The Morgan fingerprint density at radius 2 is 2.07 bits per heavy atom. The molecule has 0 saturated carbocycles. The van der Waals surface area contributed by atoms with Crippen LogP contribution in [0.4, 0.5) is 17.2 Å². The largest absolute Gasteiger partial charge is 0.386 e. The number of carbonyl (C=O) groups is 1. The number of nitrogens with zero attached hydrogens (tertiary/aromatic N) is 3. The van der Waals surface area contributed by atoms with Gasteiger partial charge in [-0.1, -0.05) is 6.07 Å². The number of amides is 1. The monoisotopic (exact) mass is 391 g/mol. The predicted octanol–water partition coefficient (Wildman–Crippen LogP) is 4.21. The minimum Gasteiger partial charge on any atom is -0.386 e. The molecule has 2 aromatic heterocycles. The van der Waals surface area contributed by atoms with Crippen molar-refractivity contribution in [1.29, 1.82) is 5.53 Å². The Morgan fingerprint density at radius 3 is 2.79 bits per heavy atom. The molecule has 4 rings (SSSR count). The van der Waals surface area contributed by atoms with Crippen LogP contribution in [0.3, 0.4) is 0 Å². The third-order valence-electron chi connectivity index (χ3n) is 5.58. The number of rotatable bonds is 5. The summed E-state index contributed by atoms with van der Waals surface area (Å²) in [6, 6.07) is 9.54. The van der Waals surface area contributed by atoms with Crippen molar-refractivity contribution in [3.63, 3.8) is 0 Å². The third-order valence-corrected chi connectivity index (χ3v) is 5.58. The zero-order chi connectivity index (χ0) is 20.4. The highest BCUT2D eigenvalue weighted by Crippen LogP contribution is 2.34. The van der Waals surface area contributed by atoms with Gasteiger partial charge < -0.3 is 20.5 Å². The molecular formula is C21H25N7O. The molecule has 1 aromatic carbocycles. The summed E-state index contributed by atoms with van der Waals surface area (Å²) in [5, 5.41) is 10.5. The molecule has 1 saturated heterocycles. The van der Waals surface area contributed by atoms with Crippen LogP contribution in [-0.2, 0) is 4.79 Å². The zero-order valence-electron chi connectivity index (χ0n) is 16.6. The number of likely N-dealkylation sites (tertiary alicyclic amines) is 1. The molecule has 3 aromatic rings. The first-order valence-corrected chi connectivity index (χ1v) is 9.76. The quantitative estimate of drug-likeness (QED) is 0.488.